The molecule has 1 unspecified atom stereocenters. The molecule has 32 heavy (non-hydrogen) atoms. The zero-order chi connectivity index (χ0) is 22.1. The molecule has 3 nitrogen and oxygen atoms in total. The standard InChI is InChI=1S/C28H32IN3/c1-19-6-12-26(29-19)25-11-13-27(31-28(25)16-20-7-9-24(30)10-8-20)22-5-3-4-21(17-22)23-14-15-32(2)18-23/h3-6,11-15,17-20,24H,7-10,16,30H2,1-2H3. The maximum atomic E-state index is 6.17. The quantitative estimate of drug-likeness (QED) is 0.308. The van der Waals surface area contributed by atoms with E-state index >= 15 is 0 Å². The highest BCUT2D eigenvalue weighted by atomic mass is 127. The normalized spacial score (nSPS) is 23.1. The third-order valence-electron chi connectivity index (χ3n) is 6.73. The smallest absolute Gasteiger partial charge is 0.0705 e. The molecule has 5 rings (SSSR count). The number of benzene rings is 1. The van der Waals surface area contributed by atoms with Gasteiger partial charge in [0, 0.05) is 49.7 Å². The average Bonchev–Trinajstić information content (AvgIpc) is 3.44. The number of nitrogens with two attached hydrogens (primary N) is 1. The number of aromatic nitrogens is 2. The van der Waals surface area contributed by atoms with Crippen molar-refractivity contribution < 1.29 is 0 Å². The van der Waals surface area contributed by atoms with E-state index in [-0.39, 0.29) is 20.7 Å². The summed E-state index contributed by atoms with van der Waals surface area (Å²) < 4.78 is 4.38. The molecule has 2 aliphatic rings. The molecule has 0 bridgehead atoms. The van der Waals surface area contributed by atoms with Gasteiger partial charge >= 0.3 is 0 Å². The summed E-state index contributed by atoms with van der Waals surface area (Å²) in [4.78, 5) is 5.29. The highest BCUT2D eigenvalue weighted by molar-refractivity contribution is 14.2. The fourth-order valence-electron chi connectivity index (χ4n) is 4.86. The van der Waals surface area contributed by atoms with Crippen molar-refractivity contribution in [2.24, 2.45) is 18.7 Å². The highest BCUT2D eigenvalue weighted by Crippen LogP contribution is 2.32. The van der Waals surface area contributed by atoms with Crippen LogP contribution in [-0.2, 0) is 13.5 Å². The molecule has 3 heterocycles. The van der Waals surface area contributed by atoms with Gasteiger partial charge in [-0.25, -0.2) is 0 Å². The van der Waals surface area contributed by atoms with Crippen LogP contribution in [0.4, 0.5) is 0 Å². The Morgan fingerprint density at radius 2 is 1.84 bits per heavy atom. The van der Waals surface area contributed by atoms with Gasteiger partial charge in [0.1, 0.15) is 0 Å². The molecule has 0 amide bonds. The zero-order valence-electron chi connectivity index (χ0n) is 19.0. The van der Waals surface area contributed by atoms with Crippen molar-refractivity contribution in [1.29, 1.82) is 0 Å². The molecule has 3 aromatic rings. The number of hydrogen-bond acceptors (Lipinski definition) is 2. The van der Waals surface area contributed by atoms with Gasteiger partial charge in [0.05, 0.1) is 5.69 Å². The predicted molar refractivity (Wildman–Crippen MR) is 144 cm³/mol. The number of nitrogens with zero attached hydrogens (tertiary/aromatic N) is 2. The Bertz CT molecular complexity index is 1160. The van der Waals surface area contributed by atoms with Crippen LogP contribution in [0.25, 0.3) is 22.4 Å². The fraction of sp³-hybridized carbons (Fsp3) is 0.357. The van der Waals surface area contributed by atoms with Crippen LogP contribution < -0.4 is 5.73 Å². The Kier molecular flexibility index (Phi) is 6.42. The number of pyridine rings is 1. The minimum atomic E-state index is 0.0304. The molecule has 0 saturated heterocycles. The van der Waals surface area contributed by atoms with E-state index in [1.807, 2.05) is 0 Å². The molecular weight excluding hydrogens is 505 g/mol. The van der Waals surface area contributed by atoms with Gasteiger partial charge in [0.15, 0.2) is 0 Å². The summed E-state index contributed by atoms with van der Waals surface area (Å²) in [6.07, 6.45) is 14.8. The van der Waals surface area contributed by atoms with Crippen molar-refractivity contribution in [1.82, 2.24) is 9.55 Å². The Morgan fingerprint density at radius 1 is 1.03 bits per heavy atom. The fourth-order valence-corrected chi connectivity index (χ4v) is 7.57. The van der Waals surface area contributed by atoms with E-state index in [0.29, 0.717) is 12.0 Å². The number of hydrogen-bond donors (Lipinski definition) is 1. The Morgan fingerprint density at radius 3 is 2.56 bits per heavy atom. The van der Waals surface area contributed by atoms with E-state index in [1.165, 1.54) is 40.8 Å². The van der Waals surface area contributed by atoms with Crippen LogP contribution >= 0.6 is 20.7 Å². The minimum Gasteiger partial charge on any atom is -0.357 e. The first-order valence-electron chi connectivity index (χ1n) is 11.7. The molecule has 166 valence electrons. The van der Waals surface area contributed by atoms with Crippen molar-refractivity contribution in [3.8, 4) is 22.4 Å². The van der Waals surface area contributed by atoms with Crippen LogP contribution in [0.3, 0.4) is 0 Å². The van der Waals surface area contributed by atoms with Gasteiger partial charge in [-0.15, -0.1) is 20.7 Å². The molecule has 0 spiro atoms. The van der Waals surface area contributed by atoms with Crippen LogP contribution in [0, 0.1) is 5.92 Å². The van der Waals surface area contributed by atoms with E-state index in [9.17, 15) is 0 Å². The topological polar surface area (TPSA) is 43.8 Å². The van der Waals surface area contributed by atoms with E-state index in [4.69, 9.17) is 10.7 Å². The monoisotopic (exact) mass is 537 g/mol. The first-order valence-corrected chi connectivity index (χ1v) is 14.0. The second kappa shape index (κ2) is 9.44. The van der Waals surface area contributed by atoms with Crippen molar-refractivity contribution in [2.45, 2.75) is 49.0 Å². The maximum Gasteiger partial charge on any atom is 0.0705 e. The van der Waals surface area contributed by atoms with E-state index < -0.39 is 0 Å². The first kappa shape index (κ1) is 21.8. The third-order valence-corrected chi connectivity index (χ3v) is 9.74. The van der Waals surface area contributed by atoms with Crippen molar-refractivity contribution in [2.75, 3.05) is 0 Å². The zero-order valence-corrected chi connectivity index (χ0v) is 21.1. The lowest BCUT2D eigenvalue weighted by Crippen LogP contribution is -2.27. The lowest BCUT2D eigenvalue weighted by atomic mass is 9.83. The summed E-state index contributed by atoms with van der Waals surface area (Å²) in [6.45, 7) is 2.34. The van der Waals surface area contributed by atoms with Crippen molar-refractivity contribution in [3.05, 3.63) is 78.3 Å². The lowest BCUT2D eigenvalue weighted by molar-refractivity contribution is 0.323. The van der Waals surface area contributed by atoms with Crippen molar-refractivity contribution in [3.63, 3.8) is 0 Å². The molecule has 1 aliphatic carbocycles. The number of allylic oxidation sites excluding steroid dienone is 2. The van der Waals surface area contributed by atoms with Crippen LogP contribution in [-0.4, -0.2) is 23.0 Å². The molecule has 4 heteroatoms. The molecule has 2 aromatic heterocycles. The van der Waals surface area contributed by atoms with Gasteiger partial charge in [0.2, 0.25) is 0 Å². The Hall–Kier alpha value is -2.05. The second-order valence-electron chi connectivity index (χ2n) is 9.32. The second-order valence-corrected chi connectivity index (χ2v) is 13.1. The molecule has 1 atom stereocenters. The molecule has 1 aromatic carbocycles. The van der Waals surface area contributed by atoms with Gasteiger partial charge in [-0.3, -0.25) is 4.98 Å². The number of halogens is 1. The molecule has 1 aliphatic heterocycles. The summed E-state index contributed by atoms with van der Waals surface area (Å²) in [5, 5.41) is 0. The van der Waals surface area contributed by atoms with Gasteiger partial charge in [-0.1, -0.05) is 37.3 Å². The molecule has 1 fully saturated rings. The van der Waals surface area contributed by atoms with E-state index in [2.05, 4.69) is 85.5 Å². The van der Waals surface area contributed by atoms with Crippen LogP contribution in [0.1, 0.15) is 43.9 Å². The summed E-state index contributed by atoms with van der Waals surface area (Å²) in [5.41, 5.74) is 13.6. The number of rotatable bonds is 5. The number of aryl methyl sites for hydroxylation is 1. The molecular formula is C28H32IN3. The maximum absolute atomic E-state index is 6.17. The summed E-state index contributed by atoms with van der Waals surface area (Å²) in [7, 11) is 2.07. The summed E-state index contributed by atoms with van der Waals surface area (Å²) >= 11 is 0.0304. The average molecular weight is 537 g/mol. The van der Waals surface area contributed by atoms with Crippen molar-refractivity contribution >= 4 is 24.2 Å². The van der Waals surface area contributed by atoms with E-state index in [0.717, 1.165) is 28.9 Å². The van der Waals surface area contributed by atoms with E-state index in [1.54, 1.807) is 3.51 Å². The Labute approximate surface area is 201 Å². The third kappa shape index (κ3) is 4.81. The van der Waals surface area contributed by atoms with Gasteiger partial charge in [-0.05, 0) is 73.4 Å². The van der Waals surface area contributed by atoms with Crippen LogP contribution in [0.2, 0.25) is 0 Å². The molecule has 0 radical (unpaired) electrons. The summed E-state index contributed by atoms with van der Waals surface area (Å²) in [6, 6.07) is 15.9. The molecule has 2 N–H and O–H groups in total. The van der Waals surface area contributed by atoms with Gasteiger partial charge < -0.3 is 10.3 Å². The van der Waals surface area contributed by atoms with Gasteiger partial charge in [0.25, 0.3) is 0 Å². The van der Waals surface area contributed by atoms with Crippen LogP contribution in [0.5, 0.6) is 0 Å². The predicted octanol–water partition coefficient (Wildman–Crippen LogP) is 6.26. The summed E-state index contributed by atoms with van der Waals surface area (Å²) in [5.74, 6) is 0.702. The lowest BCUT2D eigenvalue weighted by Gasteiger charge is -2.26. The van der Waals surface area contributed by atoms with Gasteiger partial charge in [-0.2, -0.15) is 0 Å². The molecule has 1 saturated carbocycles. The number of alkyl halides is 1. The van der Waals surface area contributed by atoms with Crippen LogP contribution in [0.15, 0.2) is 67.0 Å². The first-order chi connectivity index (χ1) is 15.5. The minimum absolute atomic E-state index is 0.0304. The Balaban J connectivity index is 1.50. The SMILES string of the molecule is CC1C=CC(c2ccc(-c3cccc(-c4ccn(C)c4)c3)nc2CC2CCC(N)CC2)=I1. The highest BCUT2D eigenvalue weighted by Gasteiger charge is 2.22. The largest absolute Gasteiger partial charge is 0.357 e.